The standard InChI is InChI=1S/C12H21NO5/c14-5-3-13(4-6-15)8-11(16)9-17-10-12-2-1-7-18-12/h1-2,7,11,14-16H,3-6,8-10H2. The molecule has 1 aromatic heterocycles. The Balaban J connectivity index is 2.16. The predicted molar refractivity (Wildman–Crippen MR) is 65.0 cm³/mol. The molecule has 0 radical (unpaired) electrons. The van der Waals surface area contributed by atoms with Crippen molar-refractivity contribution in [2.24, 2.45) is 0 Å². The van der Waals surface area contributed by atoms with Gasteiger partial charge in [0.2, 0.25) is 0 Å². The lowest BCUT2D eigenvalue weighted by Crippen LogP contribution is -2.38. The molecule has 104 valence electrons. The van der Waals surface area contributed by atoms with Crippen molar-refractivity contribution in [3.8, 4) is 0 Å². The molecule has 0 fully saturated rings. The molecule has 1 aromatic rings. The molecule has 6 heteroatoms. The van der Waals surface area contributed by atoms with E-state index in [0.717, 1.165) is 0 Å². The van der Waals surface area contributed by atoms with E-state index in [1.54, 1.807) is 23.3 Å². The first-order valence-corrected chi connectivity index (χ1v) is 5.98. The second kappa shape index (κ2) is 9.07. The van der Waals surface area contributed by atoms with E-state index in [4.69, 9.17) is 19.4 Å². The predicted octanol–water partition coefficient (Wildman–Crippen LogP) is -0.556. The third-order valence-corrected chi connectivity index (χ3v) is 2.44. The number of furan rings is 1. The van der Waals surface area contributed by atoms with Crippen molar-refractivity contribution < 1.29 is 24.5 Å². The summed E-state index contributed by atoms with van der Waals surface area (Å²) in [6.45, 7) is 1.73. The van der Waals surface area contributed by atoms with E-state index in [2.05, 4.69) is 0 Å². The van der Waals surface area contributed by atoms with Gasteiger partial charge in [0.1, 0.15) is 12.4 Å². The smallest absolute Gasteiger partial charge is 0.129 e. The number of ether oxygens (including phenoxy) is 1. The molecule has 0 bridgehead atoms. The first-order valence-electron chi connectivity index (χ1n) is 5.98. The van der Waals surface area contributed by atoms with Crippen LogP contribution in [-0.4, -0.2) is 65.8 Å². The van der Waals surface area contributed by atoms with E-state index < -0.39 is 6.10 Å². The fourth-order valence-corrected chi connectivity index (χ4v) is 1.62. The van der Waals surface area contributed by atoms with Gasteiger partial charge in [-0.05, 0) is 12.1 Å². The summed E-state index contributed by atoms with van der Waals surface area (Å²) >= 11 is 0. The molecule has 3 N–H and O–H groups in total. The first-order chi connectivity index (χ1) is 8.76. The van der Waals surface area contributed by atoms with Gasteiger partial charge in [0.05, 0.1) is 32.2 Å². The summed E-state index contributed by atoms with van der Waals surface area (Å²) in [6, 6.07) is 3.58. The molecule has 18 heavy (non-hydrogen) atoms. The normalized spacial score (nSPS) is 13.1. The fraction of sp³-hybridized carbons (Fsp3) is 0.667. The number of aliphatic hydroxyl groups excluding tert-OH is 3. The summed E-state index contributed by atoms with van der Waals surface area (Å²) in [4.78, 5) is 1.78. The Kier molecular flexibility index (Phi) is 7.63. The summed E-state index contributed by atoms with van der Waals surface area (Å²) in [5.41, 5.74) is 0. The summed E-state index contributed by atoms with van der Waals surface area (Å²) < 4.78 is 10.4. The van der Waals surface area contributed by atoms with Gasteiger partial charge in [-0.1, -0.05) is 0 Å². The first kappa shape index (κ1) is 15.1. The molecule has 0 aromatic carbocycles. The molecule has 0 amide bonds. The lowest BCUT2D eigenvalue weighted by Gasteiger charge is -2.23. The molecule has 1 unspecified atom stereocenters. The van der Waals surface area contributed by atoms with Crippen LogP contribution in [-0.2, 0) is 11.3 Å². The van der Waals surface area contributed by atoms with E-state index in [1.165, 1.54) is 0 Å². The average Bonchev–Trinajstić information content (AvgIpc) is 2.82. The minimum Gasteiger partial charge on any atom is -0.467 e. The zero-order valence-corrected chi connectivity index (χ0v) is 10.4. The third-order valence-electron chi connectivity index (χ3n) is 2.44. The molecule has 0 saturated heterocycles. The molecular weight excluding hydrogens is 238 g/mol. The van der Waals surface area contributed by atoms with Gasteiger partial charge in [0.15, 0.2) is 0 Å². The summed E-state index contributed by atoms with van der Waals surface area (Å²) in [5, 5.41) is 27.4. The molecule has 0 saturated carbocycles. The highest BCUT2D eigenvalue weighted by molar-refractivity contribution is 4.96. The highest BCUT2D eigenvalue weighted by Crippen LogP contribution is 2.02. The van der Waals surface area contributed by atoms with Crippen LogP contribution in [0, 0.1) is 0 Å². The summed E-state index contributed by atoms with van der Waals surface area (Å²) in [7, 11) is 0. The van der Waals surface area contributed by atoms with E-state index in [0.29, 0.717) is 32.0 Å². The number of rotatable bonds is 10. The van der Waals surface area contributed by atoms with Crippen molar-refractivity contribution in [2.45, 2.75) is 12.7 Å². The van der Waals surface area contributed by atoms with Gasteiger partial charge < -0.3 is 24.5 Å². The molecule has 6 nitrogen and oxygen atoms in total. The summed E-state index contributed by atoms with van der Waals surface area (Å²) in [5.74, 6) is 0.713. The van der Waals surface area contributed by atoms with Gasteiger partial charge in [-0.2, -0.15) is 0 Å². The molecule has 1 atom stereocenters. The molecule has 0 aliphatic carbocycles. The second-order valence-electron chi connectivity index (χ2n) is 4.00. The monoisotopic (exact) mass is 259 g/mol. The van der Waals surface area contributed by atoms with Crippen molar-refractivity contribution in [3.63, 3.8) is 0 Å². The Morgan fingerprint density at radius 3 is 2.56 bits per heavy atom. The van der Waals surface area contributed by atoms with Gasteiger partial charge in [-0.15, -0.1) is 0 Å². The van der Waals surface area contributed by atoms with Gasteiger partial charge in [0.25, 0.3) is 0 Å². The lowest BCUT2D eigenvalue weighted by atomic mass is 10.3. The largest absolute Gasteiger partial charge is 0.467 e. The van der Waals surface area contributed by atoms with Crippen molar-refractivity contribution in [3.05, 3.63) is 24.2 Å². The SMILES string of the molecule is OCCN(CCO)CC(O)COCc1ccco1. The molecule has 0 spiro atoms. The van der Waals surface area contributed by atoms with Crippen LogP contribution in [0.3, 0.4) is 0 Å². The lowest BCUT2D eigenvalue weighted by molar-refractivity contribution is 0.000910. The Labute approximate surface area is 106 Å². The van der Waals surface area contributed by atoms with Crippen LogP contribution in [0.2, 0.25) is 0 Å². The van der Waals surface area contributed by atoms with Crippen molar-refractivity contribution >= 4 is 0 Å². The molecule has 0 aliphatic rings. The van der Waals surface area contributed by atoms with Crippen molar-refractivity contribution in [1.29, 1.82) is 0 Å². The van der Waals surface area contributed by atoms with E-state index in [-0.39, 0.29) is 19.8 Å². The Morgan fingerprint density at radius 1 is 1.28 bits per heavy atom. The van der Waals surface area contributed by atoms with Gasteiger partial charge >= 0.3 is 0 Å². The third kappa shape index (κ3) is 6.13. The maximum atomic E-state index is 9.74. The van der Waals surface area contributed by atoms with Crippen LogP contribution < -0.4 is 0 Å². The van der Waals surface area contributed by atoms with Crippen LogP contribution in [0.1, 0.15) is 5.76 Å². The van der Waals surface area contributed by atoms with Gasteiger partial charge in [-0.3, -0.25) is 4.90 Å². The van der Waals surface area contributed by atoms with Crippen LogP contribution in [0.4, 0.5) is 0 Å². The number of hydrogen-bond acceptors (Lipinski definition) is 6. The maximum absolute atomic E-state index is 9.74. The van der Waals surface area contributed by atoms with Crippen LogP contribution >= 0.6 is 0 Å². The van der Waals surface area contributed by atoms with Crippen molar-refractivity contribution in [2.75, 3.05) is 39.5 Å². The van der Waals surface area contributed by atoms with Crippen LogP contribution in [0.25, 0.3) is 0 Å². The quantitative estimate of drug-likeness (QED) is 0.522. The Hall–Kier alpha value is -0.920. The maximum Gasteiger partial charge on any atom is 0.129 e. The number of aliphatic hydroxyl groups is 3. The van der Waals surface area contributed by atoms with Crippen molar-refractivity contribution in [1.82, 2.24) is 4.90 Å². The molecular formula is C12H21NO5. The number of hydrogen-bond donors (Lipinski definition) is 3. The zero-order chi connectivity index (χ0) is 13.2. The molecule has 0 aliphatic heterocycles. The van der Waals surface area contributed by atoms with Gasteiger partial charge in [0, 0.05) is 19.6 Å². The van der Waals surface area contributed by atoms with E-state index in [9.17, 15) is 5.11 Å². The second-order valence-corrected chi connectivity index (χ2v) is 4.00. The van der Waals surface area contributed by atoms with E-state index in [1.807, 2.05) is 0 Å². The number of nitrogens with zero attached hydrogens (tertiary/aromatic N) is 1. The highest BCUT2D eigenvalue weighted by atomic mass is 16.5. The molecule has 1 rings (SSSR count). The van der Waals surface area contributed by atoms with Crippen LogP contribution in [0.5, 0.6) is 0 Å². The Bertz CT molecular complexity index is 285. The Morgan fingerprint density at radius 2 is 2.00 bits per heavy atom. The highest BCUT2D eigenvalue weighted by Gasteiger charge is 2.11. The zero-order valence-electron chi connectivity index (χ0n) is 10.4. The van der Waals surface area contributed by atoms with E-state index >= 15 is 0 Å². The minimum absolute atomic E-state index is 0.0000273. The van der Waals surface area contributed by atoms with Gasteiger partial charge in [-0.25, -0.2) is 0 Å². The topological polar surface area (TPSA) is 86.3 Å². The average molecular weight is 259 g/mol. The summed E-state index contributed by atoms with van der Waals surface area (Å²) in [6.07, 6.45) is 0.914. The minimum atomic E-state index is -0.655. The molecule has 1 heterocycles. The van der Waals surface area contributed by atoms with Crippen LogP contribution in [0.15, 0.2) is 22.8 Å². The fourth-order valence-electron chi connectivity index (χ4n) is 1.62.